The lowest BCUT2D eigenvalue weighted by Gasteiger charge is -2.71. The predicted octanol–water partition coefficient (Wildman–Crippen LogP) is 0.592. The second-order valence-corrected chi connectivity index (χ2v) is 26.7. The van der Waals surface area contributed by atoms with E-state index in [-0.39, 0.29) is 54.1 Å². The maximum atomic E-state index is 15.3. The van der Waals surface area contributed by atoms with E-state index < -0.39 is 164 Å². The highest BCUT2D eigenvalue weighted by Gasteiger charge is 2.72. The summed E-state index contributed by atoms with van der Waals surface area (Å²) in [6, 6.07) is 0. The molecule has 0 radical (unpaired) electrons. The number of esters is 2. The van der Waals surface area contributed by atoms with E-state index in [4.69, 9.17) is 42.6 Å². The number of rotatable bonds is 12. The van der Waals surface area contributed by atoms with Crippen molar-refractivity contribution in [3.05, 3.63) is 11.6 Å². The van der Waals surface area contributed by atoms with Crippen LogP contribution in [0, 0.1) is 50.2 Å². The molecule has 11 N–H and O–H groups in total. The van der Waals surface area contributed by atoms with Crippen LogP contribution in [0.25, 0.3) is 0 Å². The number of carbonyl (C=O) groups excluding carboxylic acids is 2. The van der Waals surface area contributed by atoms with Gasteiger partial charge in [0.2, 0.25) is 6.29 Å². The van der Waals surface area contributed by atoms with Crippen molar-refractivity contribution in [2.45, 2.75) is 256 Å². The van der Waals surface area contributed by atoms with Gasteiger partial charge in [0.05, 0.1) is 38.1 Å². The molecule has 0 bridgehead atoms. The summed E-state index contributed by atoms with van der Waals surface area (Å²) in [7, 11) is 0. The number of fused-ring (bicyclic) bond motifs is 7. The number of ether oxygens (including phenoxy) is 9. The van der Waals surface area contributed by atoms with Crippen molar-refractivity contribution < 1.29 is 108 Å². The topological polar surface area (TPSA) is 340 Å². The molecule has 446 valence electrons. The van der Waals surface area contributed by atoms with Gasteiger partial charge in [0, 0.05) is 0 Å². The second-order valence-electron chi connectivity index (χ2n) is 26.7. The molecule has 22 heteroatoms. The minimum absolute atomic E-state index is 0.111. The van der Waals surface area contributed by atoms with Gasteiger partial charge in [0.15, 0.2) is 31.1 Å². The Balaban J connectivity index is 0.931. The molecule has 0 aromatic carbocycles. The Labute approximate surface area is 456 Å². The van der Waals surface area contributed by atoms with Crippen LogP contribution >= 0.6 is 0 Å². The van der Waals surface area contributed by atoms with Crippen LogP contribution in [0.15, 0.2) is 11.6 Å². The maximum Gasteiger partial charge on any atom is 0.338 e. The Morgan fingerprint density at radius 3 is 1.96 bits per heavy atom. The van der Waals surface area contributed by atoms with E-state index in [1.54, 1.807) is 0 Å². The number of hydrogen-bond acceptors (Lipinski definition) is 22. The minimum Gasteiger partial charge on any atom is -0.464 e. The predicted molar refractivity (Wildman–Crippen MR) is 270 cm³/mol. The highest BCUT2D eigenvalue weighted by Crippen LogP contribution is 2.76. The number of hydrogen-bond donors (Lipinski definition) is 11. The summed E-state index contributed by atoms with van der Waals surface area (Å²) in [5.74, 6) is -1.82. The molecule has 0 spiro atoms. The molecule has 0 aromatic heterocycles. The molecule has 4 saturated carbocycles. The zero-order chi connectivity index (χ0) is 57.0. The van der Waals surface area contributed by atoms with Crippen LogP contribution in [-0.4, -0.2) is 211 Å². The van der Waals surface area contributed by atoms with Gasteiger partial charge >= 0.3 is 11.9 Å². The van der Waals surface area contributed by atoms with Crippen molar-refractivity contribution in [3.63, 3.8) is 0 Å². The molecule has 4 aliphatic heterocycles. The number of aliphatic hydroxyl groups excluding tert-OH is 11. The van der Waals surface area contributed by atoms with Gasteiger partial charge in [-0.2, -0.15) is 0 Å². The Hall–Kier alpha value is -2.04. The van der Waals surface area contributed by atoms with Gasteiger partial charge in [-0.1, -0.05) is 73.5 Å². The van der Waals surface area contributed by atoms with Crippen molar-refractivity contribution >= 4 is 11.9 Å². The molecule has 5 aliphatic carbocycles. The zero-order valence-electron chi connectivity index (χ0n) is 46.7. The van der Waals surface area contributed by atoms with Crippen LogP contribution in [0.3, 0.4) is 0 Å². The fourth-order valence-electron chi connectivity index (χ4n) is 16.4. The standard InChI is InChI=1S/C56H90O22/c1-10-11-20-70-45(68)43-37(63)36(62)40(66)48(76-43)74-33-15-16-53(7)30(52(33,5)6)14-17-54(8)31(53)13-12-26-27-21-51(3,4)18-19-56(27,32(59)22-55(26,54)9)50(69)78-49-44(35(61)29(58)24-72-49)77-47-41(67)38(64)42(25(2)73-47)75-46-39(65)34(60)28(57)23-71-46/h12,25,27-44,46-49,57-67H,10-11,13-24H2,1-9H3/t25-,27-,28+,29+,30-,31+,32+,33-,34-,35-,36-,37-,38-,39+,40+,41+,42-,43-,44+,46-,47-,48+,49-,53-,54+,55+,56+/m0/s1. The lowest BCUT2D eigenvalue weighted by molar-refractivity contribution is -0.369. The maximum absolute atomic E-state index is 15.3. The third kappa shape index (κ3) is 10.0. The molecule has 4 heterocycles. The fraction of sp³-hybridized carbons (Fsp3) is 0.929. The summed E-state index contributed by atoms with van der Waals surface area (Å²) in [4.78, 5) is 28.4. The number of unbranched alkanes of at least 4 members (excludes halogenated alkanes) is 1. The molecule has 0 unspecified atom stereocenters. The van der Waals surface area contributed by atoms with Crippen LogP contribution in [0.2, 0.25) is 0 Å². The lowest BCUT2D eigenvalue weighted by atomic mass is 9.33. The Kier molecular flexibility index (Phi) is 17.2. The van der Waals surface area contributed by atoms with E-state index in [1.807, 2.05) is 6.92 Å². The van der Waals surface area contributed by atoms with E-state index in [9.17, 15) is 61.0 Å². The first-order chi connectivity index (χ1) is 36.5. The van der Waals surface area contributed by atoms with E-state index in [1.165, 1.54) is 6.92 Å². The summed E-state index contributed by atoms with van der Waals surface area (Å²) in [5.41, 5.74) is -2.26. The molecule has 78 heavy (non-hydrogen) atoms. The van der Waals surface area contributed by atoms with Crippen LogP contribution < -0.4 is 0 Å². The number of allylic oxidation sites excluding steroid dienone is 2. The second kappa shape index (κ2) is 22.2. The van der Waals surface area contributed by atoms with Crippen molar-refractivity contribution in [3.8, 4) is 0 Å². The van der Waals surface area contributed by atoms with Gasteiger partial charge < -0.3 is 98.8 Å². The summed E-state index contributed by atoms with van der Waals surface area (Å²) in [6.07, 6.45) is -21.2. The molecule has 9 aliphatic rings. The average Bonchev–Trinajstić information content (AvgIpc) is 3.37. The van der Waals surface area contributed by atoms with Gasteiger partial charge in [-0.3, -0.25) is 4.79 Å². The smallest absolute Gasteiger partial charge is 0.338 e. The summed E-state index contributed by atoms with van der Waals surface area (Å²) < 4.78 is 53.1. The number of carbonyl (C=O) groups is 2. The van der Waals surface area contributed by atoms with Crippen molar-refractivity contribution in [2.75, 3.05) is 19.8 Å². The summed E-state index contributed by atoms with van der Waals surface area (Å²) in [6.45, 7) is 18.3. The van der Waals surface area contributed by atoms with Gasteiger partial charge in [-0.25, -0.2) is 4.79 Å². The van der Waals surface area contributed by atoms with Crippen LogP contribution in [-0.2, 0) is 52.2 Å². The van der Waals surface area contributed by atoms with Gasteiger partial charge in [0.1, 0.15) is 72.6 Å². The van der Waals surface area contributed by atoms with E-state index >= 15 is 4.79 Å². The average molecular weight is 1120 g/mol. The molecule has 4 saturated heterocycles. The zero-order valence-corrected chi connectivity index (χ0v) is 46.7. The molecule has 8 fully saturated rings. The third-order valence-electron chi connectivity index (χ3n) is 21.3. The molecule has 0 aromatic rings. The third-order valence-corrected chi connectivity index (χ3v) is 21.3. The first-order valence-electron chi connectivity index (χ1n) is 28.6. The summed E-state index contributed by atoms with van der Waals surface area (Å²) >= 11 is 0. The van der Waals surface area contributed by atoms with Crippen molar-refractivity contribution in [1.82, 2.24) is 0 Å². The molecular formula is C56H90O22. The highest BCUT2D eigenvalue weighted by molar-refractivity contribution is 5.80. The lowest BCUT2D eigenvalue weighted by Crippen LogP contribution is -2.68. The molecular weight excluding hydrogens is 1020 g/mol. The SMILES string of the molecule is CCCCOC(=O)[C@H]1O[C@@H](O[C@H]2CC[C@]3(C)[C@H]4CC=C5[C@@H]6CC(C)(C)CC[C@]6(C(=O)O[C@@H]6OC[C@@H](O)[C@H](O)[C@H]6O[C@@H]6O[C@@H](C)[C@H](O[C@@H]7OC[C@@H](O)[C@H](O)[C@H]7O)[C@@H](O)[C@H]6O)[C@H](O)C[C@@]5(C)[C@]4(C)CC[C@H]3C2(C)C)[C@H](O)[C@@H](O)[C@@H]1O. The quantitative estimate of drug-likeness (QED) is 0.0551. The molecule has 22 nitrogen and oxygen atoms in total. The normalized spacial score (nSPS) is 51.8. The molecule has 27 atom stereocenters. The molecule has 0 amide bonds. The largest absolute Gasteiger partial charge is 0.464 e. The van der Waals surface area contributed by atoms with Crippen molar-refractivity contribution in [2.24, 2.45) is 50.2 Å². The first kappa shape index (κ1) is 60.5. The Bertz CT molecular complexity index is 2180. The van der Waals surface area contributed by atoms with Crippen molar-refractivity contribution in [1.29, 1.82) is 0 Å². The van der Waals surface area contributed by atoms with Crippen LogP contribution in [0.1, 0.15) is 133 Å². The highest BCUT2D eigenvalue weighted by atomic mass is 16.8. The first-order valence-corrected chi connectivity index (χ1v) is 28.6. The van der Waals surface area contributed by atoms with E-state index in [2.05, 4.69) is 54.5 Å². The Morgan fingerprint density at radius 1 is 0.641 bits per heavy atom. The van der Waals surface area contributed by atoms with E-state index in [0.717, 1.165) is 31.3 Å². The van der Waals surface area contributed by atoms with Crippen LogP contribution in [0.4, 0.5) is 0 Å². The summed E-state index contributed by atoms with van der Waals surface area (Å²) in [5, 5.41) is 121. The van der Waals surface area contributed by atoms with Crippen LogP contribution in [0.5, 0.6) is 0 Å². The Morgan fingerprint density at radius 2 is 1.27 bits per heavy atom. The van der Waals surface area contributed by atoms with Gasteiger partial charge in [-0.05, 0) is 116 Å². The number of aliphatic hydroxyl groups is 11. The fourth-order valence-corrected chi connectivity index (χ4v) is 16.4. The molecule has 9 rings (SSSR count). The minimum atomic E-state index is -1.88. The van der Waals surface area contributed by atoms with E-state index in [0.29, 0.717) is 32.1 Å². The monoisotopic (exact) mass is 1110 g/mol. The van der Waals surface area contributed by atoms with Gasteiger partial charge in [-0.15, -0.1) is 0 Å². The van der Waals surface area contributed by atoms with Gasteiger partial charge in [0.25, 0.3) is 0 Å².